The summed E-state index contributed by atoms with van der Waals surface area (Å²) in [6.07, 6.45) is 0.754. The van der Waals surface area contributed by atoms with E-state index in [4.69, 9.17) is 5.11 Å². The van der Waals surface area contributed by atoms with Crippen molar-refractivity contribution in [3.05, 3.63) is 23.8 Å². The average molecular weight is 266 g/mol. The number of amides is 2. The molecule has 0 saturated carbocycles. The molecule has 0 aliphatic heterocycles. The molecule has 0 saturated heterocycles. The molecule has 19 heavy (non-hydrogen) atoms. The van der Waals surface area contributed by atoms with Crippen molar-refractivity contribution in [3.8, 4) is 5.75 Å². The van der Waals surface area contributed by atoms with Crippen molar-refractivity contribution >= 4 is 17.7 Å². The molecule has 0 aliphatic carbocycles. The maximum Gasteiger partial charge on any atom is 0.335 e. The van der Waals surface area contributed by atoms with Gasteiger partial charge in [0.1, 0.15) is 5.75 Å². The van der Waals surface area contributed by atoms with Crippen LogP contribution in [0.2, 0.25) is 0 Å². The number of phenols is 1. The molecule has 0 heterocycles. The molecule has 104 valence electrons. The van der Waals surface area contributed by atoms with Gasteiger partial charge in [0.25, 0.3) is 0 Å². The van der Waals surface area contributed by atoms with Crippen LogP contribution in [0.25, 0.3) is 0 Å². The van der Waals surface area contributed by atoms with Gasteiger partial charge in [-0.05, 0) is 38.5 Å². The van der Waals surface area contributed by atoms with Crippen molar-refractivity contribution in [2.45, 2.75) is 32.7 Å². The van der Waals surface area contributed by atoms with Gasteiger partial charge in [-0.3, -0.25) is 0 Å². The van der Waals surface area contributed by atoms with E-state index in [1.54, 1.807) is 0 Å². The summed E-state index contributed by atoms with van der Waals surface area (Å²) >= 11 is 0. The molecule has 0 unspecified atom stereocenters. The third-order valence-electron chi connectivity index (χ3n) is 2.83. The fourth-order valence-corrected chi connectivity index (χ4v) is 1.32. The van der Waals surface area contributed by atoms with E-state index < -0.39 is 12.0 Å². The Morgan fingerprint density at radius 1 is 1.32 bits per heavy atom. The summed E-state index contributed by atoms with van der Waals surface area (Å²) in [7, 11) is 0. The summed E-state index contributed by atoms with van der Waals surface area (Å²) in [5, 5.41) is 23.6. The molecular weight excluding hydrogens is 248 g/mol. The highest BCUT2D eigenvalue weighted by molar-refractivity contribution is 5.93. The van der Waals surface area contributed by atoms with E-state index in [0.717, 1.165) is 12.5 Å². The predicted octanol–water partition coefficient (Wildman–Crippen LogP) is 2.40. The van der Waals surface area contributed by atoms with Crippen molar-refractivity contribution in [3.63, 3.8) is 0 Å². The number of carbonyl (C=O) groups excluding carboxylic acids is 1. The van der Waals surface area contributed by atoms with Crippen LogP contribution in [0.5, 0.6) is 5.75 Å². The molecule has 0 fully saturated rings. The van der Waals surface area contributed by atoms with Crippen LogP contribution in [0.4, 0.5) is 10.5 Å². The van der Waals surface area contributed by atoms with Crippen LogP contribution in [0.1, 0.15) is 37.6 Å². The van der Waals surface area contributed by atoms with E-state index in [1.807, 2.05) is 20.8 Å². The lowest BCUT2D eigenvalue weighted by atomic mass is 10.0. The van der Waals surface area contributed by atoms with Gasteiger partial charge in [0.15, 0.2) is 0 Å². The fourth-order valence-electron chi connectivity index (χ4n) is 1.32. The topological polar surface area (TPSA) is 98.7 Å². The van der Waals surface area contributed by atoms with Gasteiger partial charge in [0.05, 0.1) is 11.3 Å². The van der Waals surface area contributed by atoms with Crippen LogP contribution >= 0.6 is 0 Å². The number of anilines is 1. The lowest BCUT2D eigenvalue weighted by Gasteiger charge is -2.24. The first-order chi connectivity index (χ1) is 8.75. The van der Waals surface area contributed by atoms with Crippen molar-refractivity contribution < 1.29 is 19.8 Å². The normalized spacial score (nSPS) is 10.9. The van der Waals surface area contributed by atoms with Crippen molar-refractivity contribution in [2.24, 2.45) is 0 Å². The Morgan fingerprint density at radius 3 is 2.42 bits per heavy atom. The monoisotopic (exact) mass is 266 g/mol. The van der Waals surface area contributed by atoms with Gasteiger partial charge in [0.2, 0.25) is 0 Å². The number of carboxylic acid groups (broad SMARTS) is 1. The van der Waals surface area contributed by atoms with E-state index in [2.05, 4.69) is 10.6 Å². The highest BCUT2D eigenvalue weighted by Gasteiger charge is 2.18. The van der Waals surface area contributed by atoms with Crippen molar-refractivity contribution in [2.75, 3.05) is 5.32 Å². The molecule has 0 aromatic heterocycles. The zero-order valence-electron chi connectivity index (χ0n) is 11.2. The quantitative estimate of drug-likeness (QED) is 0.629. The molecular formula is C13H18N2O4. The second-order valence-electron chi connectivity index (χ2n) is 4.85. The zero-order valence-corrected chi connectivity index (χ0v) is 11.2. The molecule has 0 atom stereocenters. The number of carbonyl (C=O) groups is 2. The van der Waals surface area contributed by atoms with Crippen LogP contribution < -0.4 is 10.6 Å². The minimum atomic E-state index is -1.14. The predicted molar refractivity (Wildman–Crippen MR) is 71.6 cm³/mol. The second-order valence-corrected chi connectivity index (χ2v) is 4.85. The summed E-state index contributed by atoms with van der Waals surface area (Å²) in [5.74, 6) is -1.43. The standard InChI is InChI=1S/C13H18N2O4/c1-4-13(2,3)15-12(19)14-9-6-5-8(11(17)18)7-10(9)16/h5-7,16H,4H2,1-3H3,(H,17,18)(H2,14,15,19). The number of carboxylic acids is 1. The van der Waals surface area contributed by atoms with Gasteiger partial charge < -0.3 is 20.8 Å². The molecule has 0 spiro atoms. The zero-order chi connectivity index (χ0) is 14.6. The maximum atomic E-state index is 11.7. The molecule has 4 N–H and O–H groups in total. The second kappa shape index (κ2) is 5.60. The van der Waals surface area contributed by atoms with Crippen LogP contribution in [0.3, 0.4) is 0 Å². The Balaban J connectivity index is 2.78. The first-order valence-corrected chi connectivity index (χ1v) is 5.90. The summed E-state index contributed by atoms with van der Waals surface area (Å²) < 4.78 is 0. The minimum absolute atomic E-state index is 0.0441. The first-order valence-electron chi connectivity index (χ1n) is 5.90. The highest BCUT2D eigenvalue weighted by Crippen LogP contribution is 2.24. The molecule has 1 rings (SSSR count). The Hall–Kier alpha value is -2.24. The molecule has 1 aromatic rings. The Kier molecular flexibility index (Phi) is 4.37. The van der Waals surface area contributed by atoms with Crippen molar-refractivity contribution in [1.82, 2.24) is 5.32 Å². The van der Waals surface area contributed by atoms with Crippen LogP contribution in [0, 0.1) is 0 Å². The van der Waals surface area contributed by atoms with Crippen LogP contribution in [-0.4, -0.2) is 27.8 Å². The number of urea groups is 1. The summed E-state index contributed by atoms with van der Waals surface area (Å²) in [5.41, 5.74) is -0.243. The summed E-state index contributed by atoms with van der Waals surface area (Å²) in [6, 6.07) is 3.29. The molecule has 1 aromatic carbocycles. The van der Waals surface area contributed by atoms with Crippen molar-refractivity contribution in [1.29, 1.82) is 0 Å². The number of hydrogen-bond acceptors (Lipinski definition) is 3. The molecule has 0 bridgehead atoms. The number of benzene rings is 1. The van der Waals surface area contributed by atoms with Crippen LogP contribution in [-0.2, 0) is 0 Å². The maximum absolute atomic E-state index is 11.7. The minimum Gasteiger partial charge on any atom is -0.506 e. The van der Waals surface area contributed by atoms with Gasteiger partial charge in [-0.1, -0.05) is 6.92 Å². The molecule has 6 heteroatoms. The number of hydrogen-bond donors (Lipinski definition) is 4. The van der Waals surface area contributed by atoms with Gasteiger partial charge in [-0.2, -0.15) is 0 Å². The van der Waals surface area contributed by atoms with E-state index in [-0.39, 0.29) is 22.5 Å². The van der Waals surface area contributed by atoms with E-state index in [1.165, 1.54) is 12.1 Å². The Morgan fingerprint density at radius 2 is 1.95 bits per heavy atom. The third-order valence-corrected chi connectivity index (χ3v) is 2.83. The lowest BCUT2D eigenvalue weighted by Crippen LogP contribution is -2.45. The number of aromatic hydroxyl groups is 1. The Labute approximate surface area is 111 Å². The fraction of sp³-hybridized carbons (Fsp3) is 0.385. The van der Waals surface area contributed by atoms with Gasteiger partial charge >= 0.3 is 12.0 Å². The lowest BCUT2D eigenvalue weighted by molar-refractivity contribution is 0.0696. The number of rotatable bonds is 4. The van der Waals surface area contributed by atoms with Gasteiger partial charge in [-0.25, -0.2) is 9.59 Å². The number of nitrogens with one attached hydrogen (secondary N) is 2. The highest BCUT2D eigenvalue weighted by atomic mass is 16.4. The largest absolute Gasteiger partial charge is 0.506 e. The van der Waals surface area contributed by atoms with Gasteiger partial charge in [0, 0.05) is 5.54 Å². The van der Waals surface area contributed by atoms with Crippen LogP contribution in [0.15, 0.2) is 18.2 Å². The SMILES string of the molecule is CCC(C)(C)NC(=O)Nc1ccc(C(=O)O)cc1O. The van der Waals surface area contributed by atoms with E-state index >= 15 is 0 Å². The first kappa shape index (κ1) is 14.8. The third kappa shape index (κ3) is 4.17. The van der Waals surface area contributed by atoms with Gasteiger partial charge in [-0.15, -0.1) is 0 Å². The average Bonchev–Trinajstić information content (AvgIpc) is 2.30. The van der Waals surface area contributed by atoms with E-state index in [0.29, 0.717) is 0 Å². The number of phenolic OH excluding ortho intramolecular Hbond substituents is 1. The Bertz CT molecular complexity index is 497. The molecule has 0 aliphatic rings. The smallest absolute Gasteiger partial charge is 0.335 e. The summed E-state index contributed by atoms with van der Waals surface area (Å²) in [4.78, 5) is 22.4. The number of aromatic carboxylic acids is 1. The van der Waals surface area contributed by atoms with E-state index in [9.17, 15) is 14.7 Å². The molecule has 0 radical (unpaired) electrons. The molecule has 6 nitrogen and oxygen atoms in total. The summed E-state index contributed by atoms with van der Waals surface area (Å²) in [6.45, 7) is 5.69. The molecule has 2 amide bonds.